The molecule has 1 N–H and O–H groups in total. The molecule has 2 rings (SSSR count). The Morgan fingerprint density at radius 1 is 1.28 bits per heavy atom. The predicted molar refractivity (Wildman–Crippen MR) is 84.7 cm³/mol. The standard InChI is InChI=1S/C16H16F3N3O3/c1-9-12(7-20-15(21-9)22(2)3)11-6-10(16(17,18)19)4-5-13(11)25-8-14(23)24/h4-7H,8H2,1-3H3,(H,23,24). The van der Waals surface area contributed by atoms with E-state index in [1.807, 2.05) is 0 Å². The number of carboxylic acid groups (broad SMARTS) is 1. The van der Waals surface area contributed by atoms with Gasteiger partial charge in [0.05, 0.1) is 11.3 Å². The second-order valence-corrected chi connectivity index (χ2v) is 5.45. The average Bonchev–Trinajstić information content (AvgIpc) is 2.51. The van der Waals surface area contributed by atoms with Gasteiger partial charge in [-0.2, -0.15) is 13.2 Å². The molecule has 0 fully saturated rings. The van der Waals surface area contributed by atoms with E-state index >= 15 is 0 Å². The lowest BCUT2D eigenvalue weighted by Crippen LogP contribution is -2.14. The fourth-order valence-electron chi connectivity index (χ4n) is 2.12. The van der Waals surface area contributed by atoms with Crippen molar-refractivity contribution in [2.75, 3.05) is 25.6 Å². The summed E-state index contributed by atoms with van der Waals surface area (Å²) in [7, 11) is 3.47. The summed E-state index contributed by atoms with van der Waals surface area (Å²) < 4.78 is 44.2. The molecule has 0 saturated carbocycles. The number of hydrogen-bond donors (Lipinski definition) is 1. The molecule has 25 heavy (non-hydrogen) atoms. The predicted octanol–water partition coefficient (Wildman–Crippen LogP) is 3.00. The molecule has 1 heterocycles. The van der Waals surface area contributed by atoms with Crippen LogP contribution in [-0.2, 0) is 11.0 Å². The van der Waals surface area contributed by atoms with Crippen molar-refractivity contribution in [1.29, 1.82) is 0 Å². The number of aryl methyl sites for hydroxylation is 1. The zero-order valence-electron chi connectivity index (χ0n) is 13.8. The molecule has 0 spiro atoms. The van der Waals surface area contributed by atoms with Crippen LogP contribution in [0.3, 0.4) is 0 Å². The van der Waals surface area contributed by atoms with Crippen LogP contribution in [0.1, 0.15) is 11.3 Å². The maximum atomic E-state index is 13.0. The van der Waals surface area contributed by atoms with E-state index in [1.54, 1.807) is 25.9 Å². The number of ether oxygens (including phenoxy) is 1. The average molecular weight is 355 g/mol. The number of rotatable bonds is 5. The van der Waals surface area contributed by atoms with Gasteiger partial charge in [0.25, 0.3) is 0 Å². The van der Waals surface area contributed by atoms with Gasteiger partial charge in [-0.15, -0.1) is 0 Å². The number of nitrogens with zero attached hydrogens (tertiary/aromatic N) is 3. The summed E-state index contributed by atoms with van der Waals surface area (Å²) in [6, 6.07) is 2.84. The van der Waals surface area contributed by atoms with Crippen LogP contribution in [0.5, 0.6) is 5.75 Å². The number of carbonyl (C=O) groups is 1. The number of aliphatic carboxylic acids is 1. The maximum absolute atomic E-state index is 13.0. The third-order valence-electron chi connectivity index (χ3n) is 3.31. The first-order valence-electron chi connectivity index (χ1n) is 7.16. The minimum atomic E-state index is -4.54. The van der Waals surface area contributed by atoms with Crippen LogP contribution in [0.4, 0.5) is 19.1 Å². The Labute approximate surface area is 141 Å². The van der Waals surface area contributed by atoms with Crippen LogP contribution in [0.25, 0.3) is 11.1 Å². The first-order chi connectivity index (χ1) is 11.6. The minimum Gasteiger partial charge on any atom is -0.481 e. The SMILES string of the molecule is Cc1nc(N(C)C)ncc1-c1cc(C(F)(F)F)ccc1OCC(=O)O. The number of benzene rings is 1. The van der Waals surface area contributed by atoms with E-state index in [9.17, 15) is 18.0 Å². The molecular weight excluding hydrogens is 339 g/mol. The van der Waals surface area contributed by atoms with Crippen LogP contribution >= 0.6 is 0 Å². The molecule has 134 valence electrons. The van der Waals surface area contributed by atoms with Gasteiger partial charge in [0.2, 0.25) is 5.95 Å². The van der Waals surface area contributed by atoms with Gasteiger partial charge in [0.1, 0.15) is 5.75 Å². The van der Waals surface area contributed by atoms with Crippen molar-refractivity contribution in [3.63, 3.8) is 0 Å². The van der Waals surface area contributed by atoms with Gasteiger partial charge >= 0.3 is 12.1 Å². The molecule has 0 bridgehead atoms. The summed E-state index contributed by atoms with van der Waals surface area (Å²) in [4.78, 5) is 20.7. The lowest BCUT2D eigenvalue weighted by Gasteiger charge is -2.16. The summed E-state index contributed by atoms with van der Waals surface area (Å²) >= 11 is 0. The summed E-state index contributed by atoms with van der Waals surface area (Å²) in [6.45, 7) is 0.958. The van der Waals surface area contributed by atoms with E-state index in [1.165, 1.54) is 6.20 Å². The largest absolute Gasteiger partial charge is 0.481 e. The molecule has 6 nitrogen and oxygen atoms in total. The summed E-state index contributed by atoms with van der Waals surface area (Å²) in [5.41, 5.74) is -0.0181. The normalized spacial score (nSPS) is 11.3. The highest BCUT2D eigenvalue weighted by atomic mass is 19.4. The molecule has 9 heteroatoms. The third kappa shape index (κ3) is 4.37. The summed E-state index contributed by atoms with van der Waals surface area (Å²) in [6.07, 6.45) is -3.15. The molecule has 0 amide bonds. The fourth-order valence-corrected chi connectivity index (χ4v) is 2.12. The molecule has 2 aromatic rings. The minimum absolute atomic E-state index is 0.0136. The summed E-state index contributed by atoms with van der Waals surface area (Å²) in [5, 5.41) is 8.74. The maximum Gasteiger partial charge on any atom is 0.416 e. The van der Waals surface area contributed by atoms with Gasteiger partial charge in [-0.3, -0.25) is 0 Å². The van der Waals surface area contributed by atoms with Crippen LogP contribution in [0.2, 0.25) is 0 Å². The van der Waals surface area contributed by atoms with Crippen molar-refractivity contribution in [2.45, 2.75) is 13.1 Å². The highest BCUT2D eigenvalue weighted by Gasteiger charge is 2.31. The Bertz CT molecular complexity index is 792. The molecule has 0 saturated heterocycles. The van der Waals surface area contributed by atoms with E-state index in [0.29, 0.717) is 17.2 Å². The first-order valence-corrected chi connectivity index (χ1v) is 7.16. The zero-order valence-corrected chi connectivity index (χ0v) is 13.8. The van der Waals surface area contributed by atoms with Crippen molar-refractivity contribution in [3.8, 4) is 16.9 Å². The summed E-state index contributed by atoms with van der Waals surface area (Å²) in [5.74, 6) is -0.817. The molecule has 0 unspecified atom stereocenters. The number of anilines is 1. The van der Waals surface area contributed by atoms with Gasteiger partial charge in [-0.05, 0) is 25.1 Å². The van der Waals surface area contributed by atoms with Crippen molar-refractivity contribution < 1.29 is 27.8 Å². The highest BCUT2D eigenvalue weighted by Crippen LogP contribution is 2.38. The van der Waals surface area contributed by atoms with E-state index < -0.39 is 24.3 Å². The number of carboxylic acids is 1. The molecule has 0 aliphatic carbocycles. The molecular formula is C16H16F3N3O3. The lowest BCUT2D eigenvalue weighted by atomic mass is 10.0. The van der Waals surface area contributed by atoms with Crippen LogP contribution in [-0.4, -0.2) is 41.7 Å². The number of aromatic nitrogens is 2. The Morgan fingerprint density at radius 2 is 1.96 bits per heavy atom. The van der Waals surface area contributed by atoms with E-state index in [4.69, 9.17) is 9.84 Å². The Morgan fingerprint density at radius 3 is 2.48 bits per heavy atom. The number of halogens is 3. The van der Waals surface area contributed by atoms with Crippen LogP contribution < -0.4 is 9.64 Å². The smallest absolute Gasteiger partial charge is 0.416 e. The van der Waals surface area contributed by atoms with E-state index in [2.05, 4.69) is 9.97 Å². The Balaban J connectivity index is 2.57. The van der Waals surface area contributed by atoms with Gasteiger partial charge < -0.3 is 14.7 Å². The molecule has 0 atom stereocenters. The molecule has 0 aliphatic rings. The molecule has 1 aromatic carbocycles. The van der Waals surface area contributed by atoms with E-state index in [-0.39, 0.29) is 11.3 Å². The van der Waals surface area contributed by atoms with Gasteiger partial charge in [0, 0.05) is 31.4 Å². The second kappa shape index (κ2) is 6.96. The Hall–Kier alpha value is -2.84. The van der Waals surface area contributed by atoms with Crippen LogP contribution in [0, 0.1) is 6.92 Å². The van der Waals surface area contributed by atoms with Crippen LogP contribution in [0.15, 0.2) is 24.4 Å². The first kappa shape index (κ1) is 18.5. The monoisotopic (exact) mass is 355 g/mol. The molecule has 1 aromatic heterocycles. The van der Waals surface area contributed by atoms with Gasteiger partial charge in [0.15, 0.2) is 6.61 Å². The third-order valence-corrected chi connectivity index (χ3v) is 3.31. The van der Waals surface area contributed by atoms with Crippen molar-refractivity contribution >= 4 is 11.9 Å². The fraction of sp³-hybridized carbons (Fsp3) is 0.312. The van der Waals surface area contributed by atoms with Crippen molar-refractivity contribution in [2.24, 2.45) is 0 Å². The zero-order chi connectivity index (χ0) is 18.8. The number of alkyl halides is 3. The van der Waals surface area contributed by atoms with Crippen molar-refractivity contribution in [1.82, 2.24) is 9.97 Å². The Kier molecular flexibility index (Phi) is 5.15. The van der Waals surface area contributed by atoms with Gasteiger partial charge in [-0.1, -0.05) is 0 Å². The van der Waals surface area contributed by atoms with Gasteiger partial charge in [-0.25, -0.2) is 14.8 Å². The topological polar surface area (TPSA) is 75.5 Å². The molecule has 0 aliphatic heterocycles. The van der Waals surface area contributed by atoms with E-state index in [0.717, 1.165) is 18.2 Å². The molecule has 0 radical (unpaired) electrons. The quantitative estimate of drug-likeness (QED) is 0.889. The lowest BCUT2D eigenvalue weighted by molar-refractivity contribution is -0.140. The number of hydrogen-bond acceptors (Lipinski definition) is 5. The second-order valence-electron chi connectivity index (χ2n) is 5.45. The van der Waals surface area contributed by atoms with Crippen molar-refractivity contribution in [3.05, 3.63) is 35.7 Å². The highest BCUT2D eigenvalue weighted by molar-refractivity contribution is 5.74.